The first-order valence-corrected chi connectivity index (χ1v) is 3.62. The van der Waals surface area contributed by atoms with Crippen molar-refractivity contribution >= 4 is 12.4 Å². The Morgan fingerprint density at radius 3 is 2.00 bits per heavy atom. The molecule has 0 aliphatic carbocycles. The van der Waals surface area contributed by atoms with Crippen LogP contribution in [0.1, 0.15) is 11.1 Å². The average molecular weight is 161 g/mol. The van der Waals surface area contributed by atoms with E-state index in [4.69, 9.17) is 5.84 Å². The normalized spacial score (nSPS) is 11.4. The second-order valence-electron chi connectivity index (χ2n) is 2.33. The maximum atomic E-state index is 5.00. The van der Waals surface area contributed by atoms with Gasteiger partial charge < -0.3 is 5.84 Å². The van der Waals surface area contributed by atoms with Crippen LogP contribution in [0.15, 0.2) is 34.4 Å². The zero-order chi connectivity index (χ0) is 8.81. The van der Waals surface area contributed by atoms with E-state index in [0.717, 1.165) is 11.1 Å². The fourth-order valence-corrected chi connectivity index (χ4v) is 0.903. The predicted octanol–water partition coefficient (Wildman–Crippen LogP) is 1.03. The van der Waals surface area contributed by atoms with Gasteiger partial charge in [0.1, 0.15) is 0 Å². The van der Waals surface area contributed by atoms with Gasteiger partial charge in [0.15, 0.2) is 0 Å². The summed E-state index contributed by atoms with van der Waals surface area (Å²) in [5.74, 6) is 5.00. The van der Waals surface area contributed by atoms with Crippen molar-refractivity contribution in [3.8, 4) is 0 Å². The number of nitrogens with two attached hydrogens (primary N) is 1. The number of nitrogens with zero attached hydrogens (tertiary/aromatic N) is 2. The van der Waals surface area contributed by atoms with Gasteiger partial charge >= 0.3 is 0 Å². The van der Waals surface area contributed by atoms with Crippen LogP contribution < -0.4 is 5.84 Å². The largest absolute Gasteiger partial charge is 0.323 e. The van der Waals surface area contributed by atoms with E-state index in [2.05, 4.69) is 10.1 Å². The van der Waals surface area contributed by atoms with Crippen molar-refractivity contribution in [1.29, 1.82) is 0 Å². The molecule has 3 heteroatoms. The molecule has 0 saturated heterocycles. The van der Waals surface area contributed by atoms with E-state index in [1.807, 2.05) is 24.3 Å². The second-order valence-corrected chi connectivity index (χ2v) is 2.33. The molecule has 0 spiro atoms. The van der Waals surface area contributed by atoms with Crippen LogP contribution in [0, 0.1) is 0 Å². The van der Waals surface area contributed by atoms with E-state index in [1.54, 1.807) is 19.5 Å². The molecular weight excluding hydrogens is 150 g/mol. The zero-order valence-corrected chi connectivity index (χ0v) is 6.94. The summed E-state index contributed by atoms with van der Waals surface area (Å²) in [4.78, 5) is 3.90. The van der Waals surface area contributed by atoms with Crippen molar-refractivity contribution in [2.45, 2.75) is 0 Å². The highest BCUT2D eigenvalue weighted by Crippen LogP contribution is 1.99. The number of hydrogen-bond donors (Lipinski definition) is 1. The highest BCUT2D eigenvalue weighted by atomic mass is 15.1. The quantitative estimate of drug-likeness (QED) is 0.393. The summed E-state index contributed by atoms with van der Waals surface area (Å²) in [5, 5.41) is 3.42. The van der Waals surface area contributed by atoms with E-state index >= 15 is 0 Å². The Kier molecular flexibility index (Phi) is 3.02. The van der Waals surface area contributed by atoms with Gasteiger partial charge in [-0.2, -0.15) is 5.10 Å². The standard InChI is InChI=1S/C9H11N3/c1-11-6-8-2-4-9(5-3-8)7-12-10/h2-7H,10H2,1H3/b11-6+,12-7+. The minimum atomic E-state index is 0.991. The van der Waals surface area contributed by atoms with Gasteiger partial charge in [-0.05, 0) is 11.1 Å². The third-order valence-corrected chi connectivity index (χ3v) is 1.44. The summed E-state index contributed by atoms with van der Waals surface area (Å²) in [5.41, 5.74) is 2.07. The van der Waals surface area contributed by atoms with Gasteiger partial charge in [-0.1, -0.05) is 24.3 Å². The van der Waals surface area contributed by atoms with Gasteiger partial charge in [-0.15, -0.1) is 0 Å². The molecule has 0 bridgehead atoms. The van der Waals surface area contributed by atoms with Crippen LogP contribution in [0.3, 0.4) is 0 Å². The van der Waals surface area contributed by atoms with Crippen LogP contribution in [-0.4, -0.2) is 19.5 Å². The lowest BCUT2D eigenvalue weighted by Crippen LogP contribution is -1.87. The van der Waals surface area contributed by atoms with E-state index in [0.29, 0.717) is 0 Å². The fourth-order valence-electron chi connectivity index (χ4n) is 0.903. The minimum Gasteiger partial charge on any atom is -0.323 e. The molecule has 0 amide bonds. The molecule has 0 aliphatic heterocycles. The van der Waals surface area contributed by atoms with Crippen molar-refractivity contribution in [3.05, 3.63) is 35.4 Å². The Bertz CT molecular complexity index is 254. The maximum absolute atomic E-state index is 5.00. The number of hydrazone groups is 1. The Morgan fingerprint density at radius 1 is 1.08 bits per heavy atom. The molecular formula is C9H11N3. The third kappa shape index (κ3) is 2.20. The van der Waals surface area contributed by atoms with Crippen molar-refractivity contribution in [1.82, 2.24) is 0 Å². The molecule has 62 valence electrons. The molecule has 0 heterocycles. The molecule has 3 nitrogen and oxygen atoms in total. The smallest absolute Gasteiger partial charge is 0.0538 e. The summed E-state index contributed by atoms with van der Waals surface area (Å²) in [6.07, 6.45) is 3.40. The molecule has 12 heavy (non-hydrogen) atoms. The molecule has 0 aliphatic rings. The Balaban J connectivity index is 2.85. The predicted molar refractivity (Wildman–Crippen MR) is 51.7 cm³/mol. The molecule has 0 saturated carbocycles. The summed E-state index contributed by atoms with van der Waals surface area (Å²) in [6.45, 7) is 0. The fraction of sp³-hybridized carbons (Fsp3) is 0.111. The molecule has 0 unspecified atom stereocenters. The zero-order valence-electron chi connectivity index (χ0n) is 6.94. The first-order valence-electron chi connectivity index (χ1n) is 3.62. The Labute approximate surface area is 71.6 Å². The Morgan fingerprint density at radius 2 is 1.58 bits per heavy atom. The third-order valence-electron chi connectivity index (χ3n) is 1.44. The van der Waals surface area contributed by atoms with Crippen LogP contribution in [0.4, 0.5) is 0 Å². The van der Waals surface area contributed by atoms with E-state index in [9.17, 15) is 0 Å². The van der Waals surface area contributed by atoms with Crippen LogP contribution in [0.25, 0.3) is 0 Å². The first kappa shape index (κ1) is 8.46. The minimum absolute atomic E-state index is 0.991. The highest BCUT2D eigenvalue weighted by Gasteiger charge is 1.87. The van der Waals surface area contributed by atoms with Crippen LogP contribution in [0.5, 0.6) is 0 Å². The SMILES string of the molecule is C/N=C/c1ccc(/C=N/N)cc1. The first-order chi connectivity index (χ1) is 5.86. The Hall–Kier alpha value is -1.64. The number of benzene rings is 1. The average Bonchev–Trinajstić information content (AvgIpc) is 2.09. The molecule has 0 aromatic heterocycles. The second kappa shape index (κ2) is 4.28. The lowest BCUT2D eigenvalue weighted by Gasteiger charge is -1.93. The molecule has 1 aromatic carbocycles. The van der Waals surface area contributed by atoms with Gasteiger partial charge in [0, 0.05) is 13.3 Å². The summed E-state index contributed by atoms with van der Waals surface area (Å²) in [6, 6.07) is 7.80. The van der Waals surface area contributed by atoms with Gasteiger partial charge in [-0.25, -0.2) is 0 Å². The van der Waals surface area contributed by atoms with E-state index < -0.39 is 0 Å². The molecule has 1 rings (SSSR count). The number of hydrogen-bond acceptors (Lipinski definition) is 3. The molecule has 0 atom stereocenters. The summed E-state index contributed by atoms with van der Waals surface area (Å²) >= 11 is 0. The van der Waals surface area contributed by atoms with Crippen LogP contribution >= 0.6 is 0 Å². The summed E-state index contributed by atoms with van der Waals surface area (Å²) in [7, 11) is 1.75. The van der Waals surface area contributed by atoms with E-state index in [1.165, 1.54) is 0 Å². The van der Waals surface area contributed by atoms with Crippen molar-refractivity contribution in [3.63, 3.8) is 0 Å². The van der Waals surface area contributed by atoms with Crippen LogP contribution in [-0.2, 0) is 0 Å². The monoisotopic (exact) mass is 161 g/mol. The lowest BCUT2D eigenvalue weighted by atomic mass is 10.2. The number of aliphatic imine (C=N–C) groups is 1. The summed E-state index contributed by atoms with van der Waals surface area (Å²) < 4.78 is 0. The topological polar surface area (TPSA) is 50.7 Å². The molecule has 0 fully saturated rings. The van der Waals surface area contributed by atoms with Crippen molar-refractivity contribution in [2.75, 3.05) is 7.05 Å². The lowest BCUT2D eigenvalue weighted by molar-refractivity contribution is 1.26. The number of rotatable bonds is 2. The molecule has 2 N–H and O–H groups in total. The van der Waals surface area contributed by atoms with Gasteiger partial charge in [-0.3, -0.25) is 4.99 Å². The van der Waals surface area contributed by atoms with Gasteiger partial charge in [0.25, 0.3) is 0 Å². The van der Waals surface area contributed by atoms with Crippen LogP contribution in [0.2, 0.25) is 0 Å². The molecule has 0 radical (unpaired) electrons. The van der Waals surface area contributed by atoms with Crippen molar-refractivity contribution in [2.24, 2.45) is 15.9 Å². The van der Waals surface area contributed by atoms with E-state index in [-0.39, 0.29) is 0 Å². The van der Waals surface area contributed by atoms with Gasteiger partial charge in [0.05, 0.1) is 6.21 Å². The van der Waals surface area contributed by atoms with Gasteiger partial charge in [0.2, 0.25) is 0 Å². The van der Waals surface area contributed by atoms with Crippen molar-refractivity contribution < 1.29 is 0 Å². The molecule has 1 aromatic rings. The highest BCUT2D eigenvalue weighted by molar-refractivity contribution is 5.83. The maximum Gasteiger partial charge on any atom is 0.0538 e.